The van der Waals surface area contributed by atoms with Gasteiger partial charge in [0, 0.05) is 12.3 Å². The molecule has 0 bridgehead atoms. The molecule has 11 heavy (non-hydrogen) atoms. The van der Waals surface area contributed by atoms with Crippen LogP contribution in [0, 0.1) is 5.92 Å². The summed E-state index contributed by atoms with van der Waals surface area (Å²) in [4.78, 5) is 0. The number of halogens is 2. The zero-order valence-corrected chi connectivity index (χ0v) is 7.87. The molecule has 0 N–H and O–H groups in total. The summed E-state index contributed by atoms with van der Waals surface area (Å²) in [5.74, 6) is -2.72. The van der Waals surface area contributed by atoms with Crippen LogP contribution < -0.4 is 0 Å². The molecule has 1 aliphatic carbocycles. The molecule has 0 nitrogen and oxygen atoms in total. The van der Waals surface area contributed by atoms with Gasteiger partial charge >= 0.3 is 0 Å². The Kier molecular flexibility index (Phi) is 6.87. The molecule has 0 spiro atoms. The van der Waals surface area contributed by atoms with E-state index in [-0.39, 0.29) is 25.8 Å². The van der Waals surface area contributed by atoms with Crippen LogP contribution in [0.4, 0.5) is 8.78 Å². The van der Waals surface area contributed by atoms with E-state index in [0.29, 0.717) is 12.8 Å². The molecule has 1 atom stereocenters. The maximum atomic E-state index is 12.3. The standard InChI is InChI=1S/C6H10F2.C2H4.H2S/c1-5-3-2-4-6(5,7)8;1-2;/h5H,2-4H2,1H3;1-2H2;1H2/t5-;;/m0../s1. The van der Waals surface area contributed by atoms with Gasteiger partial charge in [0.2, 0.25) is 0 Å². The van der Waals surface area contributed by atoms with Gasteiger partial charge in [-0.05, 0) is 12.8 Å². The zero-order chi connectivity index (χ0) is 8.20. The molecular weight excluding hydrogens is 166 g/mol. The molecule has 0 aromatic rings. The highest BCUT2D eigenvalue weighted by molar-refractivity contribution is 7.59. The van der Waals surface area contributed by atoms with Crippen LogP contribution in [0.15, 0.2) is 13.2 Å². The molecule has 0 heterocycles. The Morgan fingerprint density at radius 1 is 1.36 bits per heavy atom. The minimum Gasteiger partial charge on any atom is -0.207 e. The summed E-state index contributed by atoms with van der Waals surface area (Å²) in [5.41, 5.74) is 0. The number of hydrogen-bond acceptors (Lipinski definition) is 0. The van der Waals surface area contributed by atoms with Crippen LogP contribution in [-0.2, 0) is 0 Å². The predicted molar refractivity (Wildman–Crippen MR) is 49.6 cm³/mol. The fourth-order valence-electron chi connectivity index (χ4n) is 1.10. The highest BCUT2D eigenvalue weighted by Gasteiger charge is 2.40. The summed E-state index contributed by atoms with van der Waals surface area (Å²) in [6, 6.07) is 0. The summed E-state index contributed by atoms with van der Waals surface area (Å²) in [5, 5.41) is 0. The monoisotopic (exact) mass is 182 g/mol. The third-order valence-corrected chi connectivity index (χ3v) is 1.87. The Balaban J connectivity index is 0. The normalized spacial score (nSPS) is 26.3. The van der Waals surface area contributed by atoms with E-state index in [2.05, 4.69) is 13.2 Å². The molecule has 0 radical (unpaired) electrons. The number of hydrogen-bond donors (Lipinski definition) is 0. The van der Waals surface area contributed by atoms with Gasteiger partial charge in [-0.2, -0.15) is 13.5 Å². The Morgan fingerprint density at radius 3 is 1.91 bits per heavy atom. The van der Waals surface area contributed by atoms with E-state index in [1.165, 1.54) is 0 Å². The quantitative estimate of drug-likeness (QED) is 0.504. The van der Waals surface area contributed by atoms with Gasteiger partial charge in [0.25, 0.3) is 5.92 Å². The van der Waals surface area contributed by atoms with E-state index in [4.69, 9.17) is 0 Å². The summed E-state index contributed by atoms with van der Waals surface area (Å²) >= 11 is 0. The molecule has 0 unspecified atom stereocenters. The van der Waals surface area contributed by atoms with Gasteiger partial charge in [-0.15, -0.1) is 13.2 Å². The predicted octanol–water partition coefficient (Wildman–Crippen LogP) is 3.36. The molecule has 0 aliphatic heterocycles. The summed E-state index contributed by atoms with van der Waals surface area (Å²) in [7, 11) is 0. The van der Waals surface area contributed by atoms with Crippen molar-refractivity contribution in [2.75, 3.05) is 0 Å². The minimum absolute atomic E-state index is 0. The van der Waals surface area contributed by atoms with Crippen molar-refractivity contribution in [2.45, 2.75) is 32.1 Å². The first-order valence-corrected chi connectivity index (χ1v) is 3.51. The van der Waals surface area contributed by atoms with Gasteiger partial charge in [-0.25, -0.2) is 8.78 Å². The molecule has 1 saturated carbocycles. The van der Waals surface area contributed by atoms with Crippen molar-refractivity contribution in [3.63, 3.8) is 0 Å². The van der Waals surface area contributed by atoms with Crippen LogP contribution in [0.3, 0.4) is 0 Å². The first kappa shape index (κ1) is 13.5. The maximum Gasteiger partial charge on any atom is 0.250 e. The van der Waals surface area contributed by atoms with Crippen LogP contribution in [0.5, 0.6) is 0 Å². The summed E-state index contributed by atoms with van der Waals surface area (Å²) < 4.78 is 24.7. The van der Waals surface area contributed by atoms with Crippen LogP contribution in [0.2, 0.25) is 0 Å². The third-order valence-electron chi connectivity index (χ3n) is 1.87. The largest absolute Gasteiger partial charge is 0.250 e. The lowest BCUT2D eigenvalue weighted by atomic mass is 10.1. The molecule has 1 fully saturated rings. The lowest BCUT2D eigenvalue weighted by Gasteiger charge is -2.12. The Bertz CT molecular complexity index is 104. The minimum atomic E-state index is -2.35. The highest BCUT2D eigenvalue weighted by atomic mass is 32.1. The smallest absolute Gasteiger partial charge is 0.207 e. The Morgan fingerprint density at radius 2 is 1.82 bits per heavy atom. The van der Waals surface area contributed by atoms with Crippen LogP contribution in [-0.4, -0.2) is 5.92 Å². The Hall–Kier alpha value is -0.0500. The summed E-state index contributed by atoms with van der Waals surface area (Å²) in [6.45, 7) is 7.62. The van der Waals surface area contributed by atoms with E-state index in [1.807, 2.05) is 0 Å². The second-order valence-electron chi connectivity index (χ2n) is 2.55. The second-order valence-corrected chi connectivity index (χ2v) is 2.55. The lowest BCUT2D eigenvalue weighted by Crippen LogP contribution is -2.17. The van der Waals surface area contributed by atoms with E-state index in [9.17, 15) is 8.78 Å². The molecule has 1 rings (SSSR count). The Labute approximate surface area is 74.1 Å². The molecule has 0 aromatic heterocycles. The third kappa shape index (κ3) is 3.75. The van der Waals surface area contributed by atoms with E-state index in [0.717, 1.165) is 0 Å². The number of alkyl halides is 2. The first-order valence-electron chi connectivity index (χ1n) is 3.51. The summed E-state index contributed by atoms with van der Waals surface area (Å²) in [6.07, 6.45) is 1.51. The average Bonchev–Trinajstić information content (AvgIpc) is 2.17. The van der Waals surface area contributed by atoms with Crippen molar-refractivity contribution in [3.05, 3.63) is 13.2 Å². The van der Waals surface area contributed by atoms with Crippen LogP contribution in [0.25, 0.3) is 0 Å². The van der Waals surface area contributed by atoms with Crippen LogP contribution in [0.1, 0.15) is 26.2 Å². The van der Waals surface area contributed by atoms with Crippen molar-refractivity contribution in [1.82, 2.24) is 0 Å². The van der Waals surface area contributed by atoms with Gasteiger partial charge in [-0.1, -0.05) is 6.92 Å². The van der Waals surface area contributed by atoms with Crippen molar-refractivity contribution < 1.29 is 8.78 Å². The fraction of sp³-hybridized carbons (Fsp3) is 0.750. The molecule has 0 saturated heterocycles. The van der Waals surface area contributed by atoms with Gasteiger partial charge in [0.1, 0.15) is 0 Å². The van der Waals surface area contributed by atoms with Crippen molar-refractivity contribution in [1.29, 1.82) is 0 Å². The molecule has 3 heteroatoms. The molecule has 1 aliphatic rings. The van der Waals surface area contributed by atoms with Crippen molar-refractivity contribution >= 4 is 13.5 Å². The van der Waals surface area contributed by atoms with E-state index >= 15 is 0 Å². The van der Waals surface area contributed by atoms with Gasteiger partial charge in [0.05, 0.1) is 0 Å². The second kappa shape index (κ2) is 5.58. The van der Waals surface area contributed by atoms with Gasteiger partial charge < -0.3 is 0 Å². The van der Waals surface area contributed by atoms with Crippen molar-refractivity contribution in [3.8, 4) is 0 Å². The highest BCUT2D eigenvalue weighted by Crippen LogP contribution is 2.39. The molecular formula is C8H16F2S. The van der Waals surface area contributed by atoms with Crippen LogP contribution >= 0.6 is 13.5 Å². The van der Waals surface area contributed by atoms with Gasteiger partial charge in [-0.3, -0.25) is 0 Å². The molecule has 0 aromatic carbocycles. The van der Waals surface area contributed by atoms with E-state index in [1.54, 1.807) is 6.92 Å². The van der Waals surface area contributed by atoms with E-state index < -0.39 is 5.92 Å². The molecule has 68 valence electrons. The number of rotatable bonds is 0. The maximum absolute atomic E-state index is 12.3. The zero-order valence-electron chi connectivity index (χ0n) is 6.87. The topological polar surface area (TPSA) is 0 Å². The fourth-order valence-corrected chi connectivity index (χ4v) is 1.10. The first-order chi connectivity index (χ1) is 4.63. The molecule has 0 amide bonds. The SMILES string of the molecule is C=C.C[C@H]1CCCC1(F)F.S. The van der Waals surface area contributed by atoms with Crippen molar-refractivity contribution in [2.24, 2.45) is 5.92 Å². The lowest BCUT2D eigenvalue weighted by molar-refractivity contribution is -0.0299. The van der Waals surface area contributed by atoms with Gasteiger partial charge in [0.15, 0.2) is 0 Å². The average molecular weight is 182 g/mol.